The second kappa shape index (κ2) is 38.0. The molecule has 0 amide bonds. The zero-order valence-corrected chi connectivity index (χ0v) is 44.3. The summed E-state index contributed by atoms with van der Waals surface area (Å²) in [5.41, 5.74) is 0.567. The van der Waals surface area contributed by atoms with Gasteiger partial charge in [-0.1, -0.05) is 167 Å². The van der Waals surface area contributed by atoms with Crippen molar-refractivity contribution in [3.05, 3.63) is 107 Å². The van der Waals surface area contributed by atoms with E-state index in [-0.39, 0.29) is 23.1 Å². The van der Waals surface area contributed by atoms with Crippen LogP contribution in [0.15, 0.2) is 72.8 Å². The number of carbonyl (C=O) groups excluding carboxylic acids is 4. The summed E-state index contributed by atoms with van der Waals surface area (Å²) in [6.45, 7) is 12.3. The monoisotopic (exact) mass is 1040 g/mol. The highest BCUT2D eigenvalue weighted by molar-refractivity contribution is 5.92. The number of unbranched alkanes of at least 4 members (excludes halogenated alkanes) is 26. The van der Waals surface area contributed by atoms with Crippen molar-refractivity contribution in [2.24, 2.45) is 0 Å². The van der Waals surface area contributed by atoms with E-state index in [2.05, 4.69) is 13.2 Å². The minimum absolute atomic E-state index is 0.151. The van der Waals surface area contributed by atoms with E-state index in [4.69, 9.17) is 28.4 Å². The SMILES string of the molecule is C=C(C)C(=O)OCCCCCCCCCCCCCCCCOc1ccc(C(=O)Oc2c(F)c(F)c(OC(=O)c3ccc(OCCCCCCCCCCCCCCCCOC(=O)C(=C)C)cc3)c(F)c2F)cc1. The van der Waals surface area contributed by atoms with Gasteiger partial charge in [0, 0.05) is 11.1 Å². The normalized spacial score (nSPS) is 11.0. The third-order valence-corrected chi connectivity index (χ3v) is 12.5. The summed E-state index contributed by atoms with van der Waals surface area (Å²) >= 11 is 0. The van der Waals surface area contributed by atoms with Crippen LogP contribution in [-0.4, -0.2) is 50.3 Å². The second-order valence-corrected chi connectivity index (χ2v) is 19.2. The molecule has 74 heavy (non-hydrogen) atoms. The third kappa shape index (κ3) is 26.0. The smallest absolute Gasteiger partial charge is 0.343 e. The summed E-state index contributed by atoms with van der Waals surface area (Å²) in [7, 11) is 0. The summed E-state index contributed by atoms with van der Waals surface area (Å²) < 4.78 is 91.4. The average molecular weight is 1040 g/mol. The summed E-state index contributed by atoms with van der Waals surface area (Å²) in [5, 5.41) is 0. The van der Waals surface area contributed by atoms with Gasteiger partial charge in [-0.15, -0.1) is 0 Å². The Morgan fingerprint density at radius 3 is 0.797 bits per heavy atom. The number of hydrogen-bond acceptors (Lipinski definition) is 10. The number of carbonyl (C=O) groups is 4. The highest BCUT2D eigenvalue weighted by Gasteiger charge is 2.31. The van der Waals surface area contributed by atoms with Gasteiger partial charge in [-0.3, -0.25) is 0 Å². The molecule has 0 aromatic heterocycles. The molecule has 14 heteroatoms. The second-order valence-electron chi connectivity index (χ2n) is 19.2. The topological polar surface area (TPSA) is 124 Å². The number of rotatable bonds is 42. The Morgan fingerprint density at radius 1 is 0.351 bits per heavy atom. The molecule has 0 unspecified atom stereocenters. The average Bonchev–Trinajstić information content (AvgIpc) is 3.39. The summed E-state index contributed by atoms with van der Waals surface area (Å²) in [5.74, 6) is -13.7. The predicted octanol–water partition coefficient (Wildman–Crippen LogP) is 16.6. The van der Waals surface area contributed by atoms with E-state index < -0.39 is 46.7 Å². The lowest BCUT2D eigenvalue weighted by atomic mass is 10.0. The first kappa shape index (κ1) is 62.6. The van der Waals surface area contributed by atoms with E-state index >= 15 is 17.6 Å². The molecule has 0 aliphatic rings. The molecule has 0 saturated heterocycles. The van der Waals surface area contributed by atoms with Crippen molar-refractivity contribution < 1.29 is 65.2 Å². The van der Waals surface area contributed by atoms with Gasteiger partial charge in [0.25, 0.3) is 0 Å². The van der Waals surface area contributed by atoms with Gasteiger partial charge >= 0.3 is 23.9 Å². The summed E-state index contributed by atoms with van der Waals surface area (Å²) in [4.78, 5) is 48.2. The van der Waals surface area contributed by atoms with Crippen LogP contribution in [0.3, 0.4) is 0 Å². The fraction of sp³-hybridized carbons (Fsp3) is 0.567. The van der Waals surface area contributed by atoms with Crippen LogP contribution >= 0.6 is 0 Å². The van der Waals surface area contributed by atoms with Crippen LogP contribution in [-0.2, 0) is 19.1 Å². The maximum absolute atomic E-state index is 15.0. The minimum atomic E-state index is -2.05. The lowest BCUT2D eigenvalue weighted by molar-refractivity contribution is -0.139. The van der Waals surface area contributed by atoms with Gasteiger partial charge in [-0.2, -0.15) is 17.6 Å². The first-order valence-electron chi connectivity index (χ1n) is 27.2. The lowest BCUT2D eigenvalue weighted by Crippen LogP contribution is -2.16. The Bertz CT molecular complexity index is 1960. The van der Waals surface area contributed by atoms with E-state index in [1.54, 1.807) is 13.8 Å². The number of hydrogen-bond donors (Lipinski definition) is 0. The fourth-order valence-corrected chi connectivity index (χ4v) is 8.06. The van der Waals surface area contributed by atoms with Gasteiger partial charge in [0.1, 0.15) is 11.5 Å². The van der Waals surface area contributed by atoms with Crippen molar-refractivity contribution in [3.8, 4) is 23.0 Å². The van der Waals surface area contributed by atoms with Gasteiger partial charge in [0.05, 0.1) is 37.6 Å². The molecule has 0 aliphatic heterocycles. The maximum Gasteiger partial charge on any atom is 0.343 e. The third-order valence-electron chi connectivity index (χ3n) is 12.5. The molecule has 0 heterocycles. The first-order valence-corrected chi connectivity index (χ1v) is 27.2. The molecule has 0 radical (unpaired) electrons. The van der Waals surface area contributed by atoms with Crippen LogP contribution in [0.25, 0.3) is 0 Å². The predicted molar refractivity (Wildman–Crippen MR) is 281 cm³/mol. The number of halogens is 4. The Hall–Kier alpha value is -5.66. The Labute approximate surface area is 437 Å². The van der Waals surface area contributed by atoms with Crippen LogP contribution in [0, 0.1) is 23.3 Å². The van der Waals surface area contributed by atoms with Gasteiger partial charge < -0.3 is 28.4 Å². The minimum Gasteiger partial charge on any atom is -0.494 e. The zero-order chi connectivity index (χ0) is 53.8. The lowest BCUT2D eigenvalue weighted by Gasteiger charge is -2.13. The molecular weight excluding hydrogens is 957 g/mol. The molecule has 3 rings (SSSR count). The molecule has 0 aliphatic carbocycles. The number of benzene rings is 3. The molecule has 0 bridgehead atoms. The molecule has 410 valence electrons. The summed E-state index contributed by atoms with van der Waals surface area (Å²) in [6.07, 6.45) is 31.7. The summed E-state index contributed by atoms with van der Waals surface area (Å²) in [6, 6.07) is 11.1. The molecular formula is C60H82F4O10. The molecule has 0 fully saturated rings. The van der Waals surface area contributed by atoms with Crippen molar-refractivity contribution in [1.82, 2.24) is 0 Å². The van der Waals surface area contributed by atoms with Gasteiger partial charge in [0.2, 0.25) is 34.8 Å². The van der Waals surface area contributed by atoms with Crippen LogP contribution in [0.5, 0.6) is 23.0 Å². The van der Waals surface area contributed by atoms with E-state index in [1.807, 2.05) is 0 Å². The van der Waals surface area contributed by atoms with E-state index in [0.717, 1.165) is 89.9 Å². The van der Waals surface area contributed by atoms with Crippen molar-refractivity contribution >= 4 is 23.9 Å². The van der Waals surface area contributed by atoms with E-state index in [1.165, 1.54) is 138 Å². The van der Waals surface area contributed by atoms with Crippen LogP contribution in [0.4, 0.5) is 17.6 Å². The molecule has 0 spiro atoms. The maximum atomic E-state index is 15.0. The van der Waals surface area contributed by atoms with E-state index in [0.29, 0.717) is 49.1 Å². The van der Waals surface area contributed by atoms with Gasteiger partial charge in [-0.25, -0.2) is 19.2 Å². The zero-order valence-electron chi connectivity index (χ0n) is 44.3. The van der Waals surface area contributed by atoms with Crippen LogP contribution in [0.1, 0.15) is 214 Å². The molecule has 0 atom stereocenters. The molecule has 3 aromatic carbocycles. The highest BCUT2D eigenvalue weighted by atomic mass is 19.2. The highest BCUT2D eigenvalue weighted by Crippen LogP contribution is 2.36. The van der Waals surface area contributed by atoms with Crippen LogP contribution < -0.4 is 18.9 Å². The van der Waals surface area contributed by atoms with Crippen molar-refractivity contribution in [2.75, 3.05) is 26.4 Å². The van der Waals surface area contributed by atoms with Crippen molar-refractivity contribution in [1.29, 1.82) is 0 Å². The van der Waals surface area contributed by atoms with Crippen molar-refractivity contribution in [2.45, 2.75) is 194 Å². The van der Waals surface area contributed by atoms with Gasteiger partial charge in [0.15, 0.2) is 0 Å². The Balaban J connectivity index is 1.23. The fourth-order valence-electron chi connectivity index (χ4n) is 8.06. The first-order chi connectivity index (χ1) is 35.8. The molecule has 3 aromatic rings. The standard InChI is InChI=1S/C60H82F4O10/c1-45(2)57(65)71-43-31-27-23-19-15-11-7-5-9-13-17-21-25-29-41-69-49-37-33-47(34-38-49)59(67)73-55-51(61)53(63)56(54(64)52(55)62)74-60(68)48-35-39-50(40-36-48)70-42-30-26-22-18-14-10-6-8-12-16-20-24-28-32-44-72-58(66)46(3)4/h33-40H,1,3,5-32,41-44H2,2,4H3. The number of esters is 4. The molecule has 10 nitrogen and oxygen atoms in total. The Morgan fingerprint density at radius 2 is 0.568 bits per heavy atom. The van der Waals surface area contributed by atoms with Crippen molar-refractivity contribution in [3.63, 3.8) is 0 Å². The largest absolute Gasteiger partial charge is 0.494 e. The Kier molecular flexibility index (Phi) is 32.1. The molecule has 0 N–H and O–H groups in total. The molecule has 0 saturated carbocycles. The quantitative estimate of drug-likeness (QED) is 0.0135. The van der Waals surface area contributed by atoms with E-state index in [9.17, 15) is 19.2 Å². The number of ether oxygens (including phenoxy) is 6. The van der Waals surface area contributed by atoms with Gasteiger partial charge in [-0.05, 0) is 88.1 Å². The van der Waals surface area contributed by atoms with Crippen LogP contribution in [0.2, 0.25) is 0 Å².